The Hall–Kier alpha value is -3.88. The van der Waals surface area contributed by atoms with E-state index in [1.54, 1.807) is 43.3 Å². The molecule has 0 aliphatic carbocycles. The van der Waals surface area contributed by atoms with E-state index in [0.29, 0.717) is 54.4 Å². The molecule has 1 saturated heterocycles. The van der Waals surface area contributed by atoms with E-state index in [1.165, 1.54) is 0 Å². The summed E-state index contributed by atoms with van der Waals surface area (Å²) in [6, 6.07) is 9.48. The summed E-state index contributed by atoms with van der Waals surface area (Å²) in [6.07, 6.45) is 1.64. The standard InChI is InChI=1S/C24H23N3O6/c1-24(16-5-7-19-20(12-16)33-10-2-9-32-19)22(30)27(23(31)26-24)13-18(28)15-3-6-17-14(11-15)4-8-21(29)25-17/h3,5-7,11-12H,2,4,8-10,13H2,1H3,(H,25,29)(H,26,31)/t24-/m0/s1. The largest absolute Gasteiger partial charge is 0.490 e. The minimum absolute atomic E-state index is 0.0602. The maximum Gasteiger partial charge on any atom is 0.325 e. The average Bonchev–Trinajstić information content (AvgIpc) is 2.96. The summed E-state index contributed by atoms with van der Waals surface area (Å²) in [7, 11) is 0. The molecule has 9 heteroatoms. The molecule has 5 rings (SSSR count). The summed E-state index contributed by atoms with van der Waals surface area (Å²) in [5, 5.41) is 5.49. The van der Waals surface area contributed by atoms with Crippen LogP contribution >= 0.6 is 0 Å². The number of benzene rings is 2. The molecule has 0 saturated carbocycles. The number of nitrogens with zero attached hydrogens (tertiary/aromatic N) is 1. The van der Waals surface area contributed by atoms with Gasteiger partial charge in [-0.25, -0.2) is 4.79 Å². The molecular weight excluding hydrogens is 426 g/mol. The molecule has 0 radical (unpaired) electrons. The zero-order valence-electron chi connectivity index (χ0n) is 18.1. The predicted octanol–water partition coefficient (Wildman–Crippen LogP) is 2.38. The minimum Gasteiger partial charge on any atom is -0.490 e. The van der Waals surface area contributed by atoms with Crippen molar-refractivity contribution in [2.75, 3.05) is 25.1 Å². The van der Waals surface area contributed by atoms with Crippen LogP contribution in [-0.4, -0.2) is 48.3 Å². The summed E-state index contributed by atoms with van der Waals surface area (Å²) in [4.78, 5) is 51.4. The summed E-state index contributed by atoms with van der Waals surface area (Å²) < 4.78 is 11.4. The second-order valence-corrected chi connectivity index (χ2v) is 8.50. The molecule has 2 N–H and O–H groups in total. The molecule has 1 atom stereocenters. The molecule has 0 bridgehead atoms. The van der Waals surface area contributed by atoms with Crippen LogP contribution in [0.15, 0.2) is 36.4 Å². The molecule has 3 heterocycles. The number of Topliss-reactive ketones (excluding diaryl/α,β-unsaturated/α-hetero) is 1. The third-order valence-corrected chi connectivity index (χ3v) is 6.22. The van der Waals surface area contributed by atoms with Crippen molar-refractivity contribution in [2.45, 2.75) is 31.7 Å². The normalized spacial score (nSPS) is 21.7. The molecular formula is C24H23N3O6. The number of rotatable bonds is 4. The van der Waals surface area contributed by atoms with Gasteiger partial charge in [0.25, 0.3) is 5.91 Å². The van der Waals surface area contributed by atoms with Gasteiger partial charge in [0, 0.05) is 24.1 Å². The Morgan fingerprint density at radius 1 is 1.03 bits per heavy atom. The number of carbonyl (C=O) groups excluding carboxylic acids is 4. The molecule has 170 valence electrons. The highest BCUT2D eigenvalue weighted by atomic mass is 16.5. The van der Waals surface area contributed by atoms with Gasteiger partial charge in [-0.15, -0.1) is 0 Å². The van der Waals surface area contributed by atoms with Gasteiger partial charge in [0.2, 0.25) is 5.91 Å². The van der Waals surface area contributed by atoms with Crippen molar-refractivity contribution in [3.63, 3.8) is 0 Å². The van der Waals surface area contributed by atoms with Gasteiger partial charge in [0.05, 0.1) is 19.8 Å². The highest BCUT2D eigenvalue weighted by Gasteiger charge is 2.49. The third kappa shape index (κ3) is 3.69. The first kappa shape index (κ1) is 21.0. The number of ether oxygens (including phenoxy) is 2. The number of ketones is 1. The fourth-order valence-corrected chi connectivity index (χ4v) is 4.30. The van der Waals surface area contributed by atoms with E-state index in [0.717, 1.165) is 16.9 Å². The number of carbonyl (C=O) groups is 4. The number of fused-ring (bicyclic) bond motifs is 2. The summed E-state index contributed by atoms with van der Waals surface area (Å²) in [6.45, 7) is 2.28. The van der Waals surface area contributed by atoms with Crippen LogP contribution in [0.2, 0.25) is 0 Å². The van der Waals surface area contributed by atoms with Gasteiger partial charge < -0.3 is 20.1 Å². The number of hydrogen-bond donors (Lipinski definition) is 2. The van der Waals surface area contributed by atoms with Crippen LogP contribution in [0.1, 0.15) is 41.3 Å². The van der Waals surface area contributed by atoms with E-state index in [4.69, 9.17) is 9.47 Å². The van der Waals surface area contributed by atoms with Gasteiger partial charge in [0.1, 0.15) is 5.54 Å². The Balaban J connectivity index is 1.36. The molecule has 0 aromatic heterocycles. The SMILES string of the molecule is C[C@@]1(c2ccc3c(c2)OCCCO3)NC(=O)N(CC(=O)c2ccc3c(c2)CCC(=O)N3)C1=O. The summed E-state index contributed by atoms with van der Waals surface area (Å²) >= 11 is 0. The van der Waals surface area contributed by atoms with Crippen LogP contribution in [-0.2, 0) is 21.5 Å². The van der Waals surface area contributed by atoms with Crippen molar-refractivity contribution < 1.29 is 28.7 Å². The smallest absolute Gasteiger partial charge is 0.325 e. The average molecular weight is 449 g/mol. The first-order chi connectivity index (χ1) is 15.8. The zero-order valence-corrected chi connectivity index (χ0v) is 18.1. The second-order valence-electron chi connectivity index (χ2n) is 8.50. The second kappa shape index (κ2) is 7.91. The van der Waals surface area contributed by atoms with Gasteiger partial charge in [0.15, 0.2) is 17.3 Å². The topological polar surface area (TPSA) is 114 Å². The number of hydrogen-bond acceptors (Lipinski definition) is 6. The van der Waals surface area contributed by atoms with Crippen molar-refractivity contribution >= 4 is 29.3 Å². The molecule has 9 nitrogen and oxygen atoms in total. The first-order valence-electron chi connectivity index (χ1n) is 10.9. The zero-order chi connectivity index (χ0) is 23.2. The van der Waals surface area contributed by atoms with E-state index in [2.05, 4.69) is 10.6 Å². The number of aryl methyl sites for hydroxylation is 1. The lowest BCUT2D eigenvalue weighted by Crippen LogP contribution is -2.41. The summed E-state index contributed by atoms with van der Waals surface area (Å²) in [5.41, 5.74) is 1.14. The Morgan fingerprint density at radius 2 is 1.82 bits per heavy atom. The predicted molar refractivity (Wildman–Crippen MR) is 117 cm³/mol. The highest BCUT2D eigenvalue weighted by Crippen LogP contribution is 2.36. The Kier molecular flexibility index (Phi) is 5.03. The lowest BCUT2D eigenvalue weighted by atomic mass is 9.91. The first-order valence-corrected chi connectivity index (χ1v) is 10.9. The van der Waals surface area contributed by atoms with Gasteiger partial charge >= 0.3 is 6.03 Å². The molecule has 1 fully saturated rings. The van der Waals surface area contributed by atoms with E-state index in [1.807, 2.05) is 0 Å². The fraction of sp³-hybridized carbons (Fsp3) is 0.333. The lowest BCUT2D eigenvalue weighted by molar-refractivity contribution is -0.130. The molecule has 3 aliphatic heterocycles. The van der Waals surface area contributed by atoms with Crippen molar-refractivity contribution in [2.24, 2.45) is 0 Å². The molecule has 0 unspecified atom stereocenters. The van der Waals surface area contributed by atoms with Crippen molar-refractivity contribution in [1.82, 2.24) is 10.2 Å². The van der Waals surface area contributed by atoms with Crippen LogP contribution in [0.5, 0.6) is 11.5 Å². The van der Waals surface area contributed by atoms with Gasteiger partial charge in [-0.3, -0.25) is 19.3 Å². The highest BCUT2D eigenvalue weighted by molar-refractivity contribution is 6.11. The number of nitrogens with one attached hydrogen (secondary N) is 2. The van der Waals surface area contributed by atoms with Crippen LogP contribution < -0.4 is 20.1 Å². The maximum atomic E-state index is 13.3. The van der Waals surface area contributed by atoms with E-state index in [-0.39, 0.29) is 18.2 Å². The van der Waals surface area contributed by atoms with E-state index >= 15 is 0 Å². The lowest BCUT2D eigenvalue weighted by Gasteiger charge is -2.23. The Morgan fingerprint density at radius 3 is 2.64 bits per heavy atom. The molecule has 2 aromatic carbocycles. The van der Waals surface area contributed by atoms with Crippen molar-refractivity contribution in [3.05, 3.63) is 53.1 Å². The van der Waals surface area contributed by atoms with Crippen LogP contribution in [0.3, 0.4) is 0 Å². The van der Waals surface area contributed by atoms with Crippen LogP contribution in [0, 0.1) is 0 Å². The number of amides is 4. The molecule has 4 amide bonds. The van der Waals surface area contributed by atoms with Gasteiger partial charge in [-0.05, 0) is 54.8 Å². The quantitative estimate of drug-likeness (QED) is 0.547. The van der Waals surface area contributed by atoms with Crippen LogP contribution in [0.4, 0.5) is 10.5 Å². The Labute approximate surface area is 190 Å². The van der Waals surface area contributed by atoms with Crippen molar-refractivity contribution in [1.29, 1.82) is 0 Å². The van der Waals surface area contributed by atoms with Gasteiger partial charge in [-0.2, -0.15) is 0 Å². The van der Waals surface area contributed by atoms with E-state index < -0.39 is 17.5 Å². The minimum atomic E-state index is -1.33. The number of anilines is 1. The van der Waals surface area contributed by atoms with Crippen LogP contribution in [0.25, 0.3) is 0 Å². The van der Waals surface area contributed by atoms with Crippen molar-refractivity contribution in [3.8, 4) is 11.5 Å². The molecule has 2 aromatic rings. The third-order valence-electron chi connectivity index (χ3n) is 6.22. The fourth-order valence-electron chi connectivity index (χ4n) is 4.30. The number of imide groups is 1. The number of urea groups is 1. The van der Waals surface area contributed by atoms with Gasteiger partial charge in [-0.1, -0.05) is 6.07 Å². The maximum absolute atomic E-state index is 13.3. The molecule has 3 aliphatic rings. The molecule has 0 spiro atoms. The van der Waals surface area contributed by atoms with E-state index in [9.17, 15) is 19.2 Å². The Bertz CT molecular complexity index is 1190. The monoisotopic (exact) mass is 449 g/mol. The summed E-state index contributed by atoms with van der Waals surface area (Å²) in [5.74, 6) is 0.174. The molecule has 33 heavy (non-hydrogen) atoms.